The lowest BCUT2D eigenvalue weighted by molar-refractivity contribution is -0.120. The monoisotopic (exact) mass is 371 g/mol. The Kier molecular flexibility index (Phi) is 5.99. The Bertz CT molecular complexity index is 843. The molecule has 0 aliphatic rings. The van der Waals surface area contributed by atoms with Gasteiger partial charge >= 0.3 is 0 Å². The Morgan fingerprint density at radius 2 is 1.42 bits per heavy atom. The summed E-state index contributed by atoms with van der Waals surface area (Å²) >= 11 is 0. The van der Waals surface area contributed by atoms with Crippen LogP contribution in [-0.4, -0.2) is 24.6 Å². The van der Waals surface area contributed by atoms with Gasteiger partial charge in [-0.25, -0.2) is 27.4 Å². The molecular formula is C16H10F5N3O2. The molecule has 2 aromatic rings. The fraction of sp³-hybridized carbons (Fsp3) is 0.0625. The number of rotatable bonds is 5. The Morgan fingerprint density at radius 1 is 0.885 bits per heavy atom. The van der Waals surface area contributed by atoms with Crippen molar-refractivity contribution >= 4 is 18.0 Å². The molecule has 5 nitrogen and oxygen atoms in total. The summed E-state index contributed by atoms with van der Waals surface area (Å²) in [7, 11) is 0. The number of benzene rings is 2. The van der Waals surface area contributed by atoms with Crippen LogP contribution in [0.1, 0.15) is 15.9 Å². The minimum Gasteiger partial charge on any atom is -0.343 e. The van der Waals surface area contributed by atoms with Gasteiger partial charge in [0.1, 0.15) is 0 Å². The lowest BCUT2D eigenvalue weighted by Crippen LogP contribution is -2.34. The summed E-state index contributed by atoms with van der Waals surface area (Å²) in [6, 6.07) is 7.94. The fourth-order valence-corrected chi connectivity index (χ4v) is 1.80. The van der Waals surface area contributed by atoms with Crippen molar-refractivity contribution in [2.75, 3.05) is 6.54 Å². The van der Waals surface area contributed by atoms with Crippen molar-refractivity contribution in [1.29, 1.82) is 0 Å². The van der Waals surface area contributed by atoms with Gasteiger partial charge < -0.3 is 5.32 Å². The van der Waals surface area contributed by atoms with Crippen LogP contribution in [0.3, 0.4) is 0 Å². The fourth-order valence-electron chi connectivity index (χ4n) is 1.80. The minimum atomic E-state index is -2.30. The Hall–Kier alpha value is -3.30. The summed E-state index contributed by atoms with van der Waals surface area (Å²) in [5.41, 5.74) is 0.776. The predicted molar refractivity (Wildman–Crippen MR) is 80.7 cm³/mol. The number of hydrogen-bond acceptors (Lipinski definition) is 3. The lowest BCUT2D eigenvalue weighted by atomic mass is 10.2. The van der Waals surface area contributed by atoms with E-state index in [-0.39, 0.29) is 6.21 Å². The summed E-state index contributed by atoms with van der Waals surface area (Å²) in [4.78, 5) is 23.2. The Morgan fingerprint density at radius 3 is 2.00 bits per heavy atom. The lowest BCUT2D eigenvalue weighted by Gasteiger charge is -2.05. The van der Waals surface area contributed by atoms with E-state index in [1.165, 1.54) is 12.1 Å². The molecule has 0 fully saturated rings. The van der Waals surface area contributed by atoms with Crippen molar-refractivity contribution in [2.45, 2.75) is 0 Å². The average Bonchev–Trinajstić information content (AvgIpc) is 2.66. The van der Waals surface area contributed by atoms with Gasteiger partial charge in [0.05, 0.1) is 18.3 Å². The van der Waals surface area contributed by atoms with E-state index in [2.05, 4.69) is 10.4 Å². The first-order valence-electron chi connectivity index (χ1n) is 6.99. The second kappa shape index (κ2) is 8.19. The molecule has 2 rings (SSSR count). The highest BCUT2D eigenvalue weighted by Gasteiger charge is 2.24. The van der Waals surface area contributed by atoms with Gasteiger partial charge in [-0.05, 0) is 12.1 Å². The zero-order valence-electron chi connectivity index (χ0n) is 12.8. The second-order valence-electron chi connectivity index (χ2n) is 4.83. The normalized spacial score (nSPS) is 10.8. The standard InChI is InChI=1S/C16H10F5N3O2/c17-11-9(12(18)14(20)15(21)13(11)19)6-23-24-10(25)7-22-16(26)8-4-2-1-3-5-8/h1-6H,7H2,(H,22,26)(H,24,25)/b23-6-. The van der Waals surface area contributed by atoms with Gasteiger partial charge in [-0.1, -0.05) is 18.2 Å². The van der Waals surface area contributed by atoms with E-state index in [1.807, 2.05) is 0 Å². The molecule has 26 heavy (non-hydrogen) atoms. The van der Waals surface area contributed by atoms with Crippen LogP contribution in [0.2, 0.25) is 0 Å². The van der Waals surface area contributed by atoms with E-state index >= 15 is 0 Å². The van der Waals surface area contributed by atoms with Gasteiger partial charge in [-0.3, -0.25) is 9.59 Å². The van der Waals surface area contributed by atoms with E-state index in [9.17, 15) is 31.5 Å². The maximum absolute atomic E-state index is 13.4. The zero-order chi connectivity index (χ0) is 19.3. The molecule has 136 valence electrons. The molecule has 0 radical (unpaired) electrons. The van der Waals surface area contributed by atoms with Crippen LogP contribution >= 0.6 is 0 Å². The first kappa shape index (κ1) is 19.0. The predicted octanol–water partition coefficient (Wildman–Crippen LogP) is 2.26. The SMILES string of the molecule is O=C(CNC(=O)c1ccccc1)N/N=C\c1c(F)c(F)c(F)c(F)c1F. The molecular weight excluding hydrogens is 361 g/mol. The van der Waals surface area contributed by atoms with Gasteiger partial charge in [0.25, 0.3) is 11.8 Å². The van der Waals surface area contributed by atoms with E-state index in [1.54, 1.807) is 23.6 Å². The van der Waals surface area contributed by atoms with Gasteiger partial charge in [0, 0.05) is 5.56 Å². The number of halogens is 5. The molecule has 0 heterocycles. The van der Waals surface area contributed by atoms with E-state index in [0.29, 0.717) is 5.56 Å². The van der Waals surface area contributed by atoms with Crippen LogP contribution in [0.15, 0.2) is 35.4 Å². The smallest absolute Gasteiger partial charge is 0.259 e. The number of amides is 2. The molecule has 0 aliphatic heterocycles. The Labute approximate surface area is 143 Å². The first-order chi connectivity index (χ1) is 12.3. The molecule has 10 heteroatoms. The quantitative estimate of drug-likeness (QED) is 0.278. The summed E-state index contributed by atoms with van der Waals surface area (Å²) < 4.78 is 65.7. The molecule has 0 unspecified atom stereocenters. The number of carbonyl (C=O) groups excluding carboxylic acids is 2. The summed E-state index contributed by atoms with van der Waals surface area (Å²) in [5.74, 6) is -12.2. The molecule has 0 aliphatic carbocycles. The van der Waals surface area contributed by atoms with Crippen molar-refractivity contribution in [2.24, 2.45) is 5.10 Å². The van der Waals surface area contributed by atoms with Crippen LogP contribution in [0.4, 0.5) is 22.0 Å². The maximum Gasteiger partial charge on any atom is 0.259 e. The molecule has 0 aromatic heterocycles. The number of nitrogens with zero attached hydrogens (tertiary/aromatic N) is 1. The van der Waals surface area contributed by atoms with Crippen LogP contribution in [-0.2, 0) is 4.79 Å². The highest BCUT2D eigenvalue weighted by atomic mass is 19.2. The number of nitrogens with one attached hydrogen (secondary N) is 2. The van der Waals surface area contributed by atoms with E-state index in [0.717, 1.165) is 0 Å². The molecule has 0 saturated carbocycles. The van der Waals surface area contributed by atoms with Gasteiger partial charge in [-0.15, -0.1) is 0 Å². The zero-order valence-corrected chi connectivity index (χ0v) is 12.8. The summed E-state index contributed by atoms with van der Waals surface area (Å²) in [5, 5.41) is 5.37. The molecule has 2 aromatic carbocycles. The number of hydrogen-bond donors (Lipinski definition) is 2. The highest BCUT2D eigenvalue weighted by Crippen LogP contribution is 2.21. The molecule has 0 bridgehead atoms. The first-order valence-corrected chi connectivity index (χ1v) is 6.99. The van der Waals surface area contributed by atoms with E-state index in [4.69, 9.17) is 0 Å². The number of carbonyl (C=O) groups is 2. The molecule has 2 amide bonds. The van der Waals surface area contributed by atoms with Crippen molar-refractivity contribution in [3.8, 4) is 0 Å². The highest BCUT2D eigenvalue weighted by molar-refractivity contribution is 5.96. The molecule has 2 N–H and O–H groups in total. The van der Waals surface area contributed by atoms with Gasteiger partial charge in [-0.2, -0.15) is 5.10 Å². The third kappa shape index (κ3) is 4.21. The van der Waals surface area contributed by atoms with Crippen molar-refractivity contribution < 1.29 is 31.5 Å². The molecule has 0 saturated heterocycles. The van der Waals surface area contributed by atoms with Crippen molar-refractivity contribution in [1.82, 2.24) is 10.7 Å². The summed E-state index contributed by atoms with van der Waals surface area (Å²) in [6.07, 6.45) is 0.271. The van der Waals surface area contributed by atoms with Crippen LogP contribution < -0.4 is 10.7 Å². The largest absolute Gasteiger partial charge is 0.343 e. The molecule has 0 atom stereocenters. The average molecular weight is 371 g/mol. The number of hydrazone groups is 1. The van der Waals surface area contributed by atoms with Crippen LogP contribution in [0.25, 0.3) is 0 Å². The maximum atomic E-state index is 13.4. The van der Waals surface area contributed by atoms with Crippen molar-refractivity contribution in [3.05, 3.63) is 70.5 Å². The topological polar surface area (TPSA) is 70.6 Å². The molecule has 0 spiro atoms. The minimum absolute atomic E-state index is 0.271. The van der Waals surface area contributed by atoms with Gasteiger partial charge in [0.2, 0.25) is 5.82 Å². The van der Waals surface area contributed by atoms with E-state index < -0.39 is 53.0 Å². The van der Waals surface area contributed by atoms with Crippen LogP contribution in [0, 0.1) is 29.1 Å². The second-order valence-corrected chi connectivity index (χ2v) is 4.83. The van der Waals surface area contributed by atoms with Gasteiger partial charge in [0.15, 0.2) is 23.3 Å². The van der Waals surface area contributed by atoms with Crippen LogP contribution in [0.5, 0.6) is 0 Å². The third-order valence-corrected chi connectivity index (χ3v) is 3.07. The third-order valence-electron chi connectivity index (χ3n) is 3.07. The van der Waals surface area contributed by atoms with Crippen molar-refractivity contribution in [3.63, 3.8) is 0 Å². The Balaban J connectivity index is 1.97. The summed E-state index contributed by atoms with van der Waals surface area (Å²) in [6.45, 7) is -0.526.